The summed E-state index contributed by atoms with van der Waals surface area (Å²) in [5.74, 6) is 0. The minimum absolute atomic E-state index is 0.420. The fourth-order valence-electron chi connectivity index (χ4n) is 2.04. The third kappa shape index (κ3) is 1.44. The van der Waals surface area contributed by atoms with E-state index in [-0.39, 0.29) is 0 Å². The lowest BCUT2D eigenvalue weighted by molar-refractivity contribution is 0.484. The van der Waals surface area contributed by atoms with Gasteiger partial charge in [-0.05, 0) is 26.8 Å². The highest BCUT2D eigenvalue weighted by Crippen LogP contribution is 2.21. The molecule has 0 atom stereocenters. The Morgan fingerprint density at radius 3 is 3.00 bits per heavy atom. The van der Waals surface area contributed by atoms with Gasteiger partial charge in [-0.1, -0.05) is 0 Å². The maximum atomic E-state index is 5.69. The van der Waals surface area contributed by atoms with E-state index in [9.17, 15) is 0 Å². The molecule has 3 N–H and O–H groups in total. The number of hydrogen-bond donors (Lipinski definition) is 2. The summed E-state index contributed by atoms with van der Waals surface area (Å²) in [5.41, 5.74) is 9.47. The Morgan fingerprint density at radius 1 is 1.57 bits per heavy atom. The Morgan fingerprint density at radius 2 is 2.36 bits per heavy atom. The number of nitrogens with two attached hydrogens (primary N) is 1. The van der Waals surface area contributed by atoms with E-state index in [1.165, 1.54) is 11.3 Å². The second-order valence-corrected chi connectivity index (χ2v) is 4.04. The fraction of sp³-hybridized carbons (Fsp3) is 0.700. The highest BCUT2D eigenvalue weighted by molar-refractivity contribution is 5.29. The Kier molecular flexibility index (Phi) is 2.56. The molecule has 4 nitrogen and oxygen atoms in total. The Bertz CT molecular complexity index is 327. The van der Waals surface area contributed by atoms with Crippen molar-refractivity contribution in [1.82, 2.24) is 15.1 Å². The third-order valence-corrected chi connectivity index (χ3v) is 2.73. The number of nitrogens with zero attached hydrogens (tertiary/aromatic N) is 2. The summed E-state index contributed by atoms with van der Waals surface area (Å²) in [6.07, 6.45) is 1.06. The van der Waals surface area contributed by atoms with E-state index >= 15 is 0 Å². The van der Waals surface area contributed by atoms with Crippen molar-refractivity contribution in [3.8, 4) is 0 Å². The van der Waals surface area contributed by atoms with E-state index in [1.54, 1.807) is 0 Å². The zero-order valence-corrected chi connectivity index (χ0v) is 8.88. The molecule has 0 saturated heterocycles. The van der Waals surface area contributed by atoms with Gasteiger partial charge in [-0.3, -0.25) is 4.68 Å². The van der Waals surface area contributed by atoms with Crippen molar-refractivity contribution < 1.29 is 0 Å². The van der Waals surface area contributed by atoms with Crippen molar-refractivity contribution >= 4 is 0 Å². The number of fused-ring (bicyclic) bond motifs is 1. The minimum atomic E-state index is 0.420. The minimum Gasteiger partial charge on any atom is -0.325 e. The average Bonchev–Trinajstić information content (AvgIpc) is 2.56. The molecule has 0 aliphatic carbocycles. The van der Waals surface area contributed by atoms with Crippen LogP contribution in [0.1, 0.15) is 36.8 Å². The van der Waals surface area contributed by atoms with Gasteiger partial charge < -0.3 is 11.1 Å². The molecule has 78 valence electrons. The molecule has 1 aliphatic heterocycles. The smallest absolute Gasteiger partial charge is 0.0796 e. The molecule has 2 heterocycles. The van der Waals surface area contributed by atoms with Crippen LogP contribution in [0.5, 0.6) is 0 Å². The quantitative estimate of drug-likeness (QED) is 0.723. The van der Waals surface area contributed by atoms with Gasteiger partial charge in [0.25, 0.3) is 0 Å². The first-order valence-corrected chi connectivity index (χ1v) is 5.24. The molecule has 0 amide bonds. The van der Waals surface area contributed by atoms with Gasteiger partial charge >= 0.3 is 0 Å². The van der Waals surface area contributed by atoms with Crippen LogP contribution in [0.15, 0.2) is 0 Å². The van der Waals surface area contributed by atoms with Crippen LogP contribution in [0.4, 0.5) is 0 Å². The normalized spacial score (nSPS) is 16.0. The predicted octanol–water partition coefficient (Wildman–Crippen LogP) is 0.568. The van der Waals surface area contributed by atoms with Crippen LogP contribution >= 0.6 is 0 Å². The fourth-order valence-corrected chi connectivity index (χ4v) is 2.04. The summed E-state index contributed by atoms with van der Waals surface area (Å²) in [6.45, 7) is 6.84. The highest BCUT2D eigenvalue weighted by atomic mass is 15.3. The standard InChI is InChI=1S/C10H18N4/c1-7(2)14-10-6-12-4-3-8(10)9(5-11)13-14/h7,12H,3-6,11H2,1-2H3. The molecular formula is C10H18N4. The van der Waals surface area contributed by atoms with Gasteiger partial charge in [-0.25, -0.2) is 0 Å². The molecule has 1 aromatic rings. The molecule has 0 saturated carbocycles. The summed E-state index contributed by atoms with van der Waals surface area (Å²) in [6, 6.07) is 0.420. The van der Waals surface area contributed by atoms with E-state index in [4.69, 9.17) is 5.73 Å². The molecule has 0 radical (unpaired) electrons. The second-order valence-electron chi connectivity index (χ2n) is 4.04. The van der Waals surface area contributed by atoms with Crippen LogP contribution in [0.2, 0.25) is 0 Å². The zero-order valence-electron chi connectivity index (χ0n) is 8.88. The summed E-state index contributed by atoms with van der Waals surface area (Å²) < 4.78 is 2.10. The van der Waals surface area contributed by atoms with E-state index in [0.717, 1.165) is 25.2 Å². The number of rotatable bonds is 2. The summed E-state index contributed by atoms with van der Waals surface area (Å²) in [7, 11) is 0. The molecule has 2 rings (SSSR count). The van der Waals surface area contributed by atoms with E-state index in [2.05, 4.69) is 28.9 Å². The summed E-state index contributed by atoms with van der Waals surface area (Å²) in [5, 5.41) is 7.93. The third-order valence-electron chi connectivity index (χ3n) is 2.73. The van der Waals surface area contributed by atoms with Gasteiger partial charge in [-0.15, -0.1) is 0 Å². The van der Waals surface area contributed by atoms with Gasteiger partial charge in [0.15, 0.2) is 0 Å². The lowest BCUT2D eigenvalue weighted by Gasteiger charge is -2.17. The van der Waals surface area contributed by atoms with Gasteiger partial charge in [-0.2, -0.15) is 5.10 Å². The topological polar surface area (TPSA) is 55.9 Å². The maximum Gasteiger partial charge on any atom is 0.0796 e. The van der Waals surface area contributed by atoms with E-state index in [1.807, 2.05) is 0 Å². The summed E-state index contributed by atoms with van der Waals surface area (Å²) >= 11 is 0. The lowest BCUT2D eigenvalue weighted by atomic mass is 10.1. The lowest BCUT2D eigenvalue weighted by Crippen LogP contribution is -2.26. The first kappa shape index (κ1) is 9.68. The van der Waals surface area contributed by atoms with Gasteiger partial charge in [0.05, 0.1) is 11.4 Å². The van der Waals surface area contributed by atoms with Crippen LogP contribution in [-0.4, -0.2) is 16.3 Å². The van der Waals surface area contributed by atoms with Crippen molar-refractivity contribution in [1.29, 1.82) is 0 Å². The van der Waals surface area contributed by atoms with Gasteiger partial charge in [0, 0.05) is 24.7 Å². The average molecular weight is 194 g/mol. The molecule has 14 heavy (non-hydrogen) atoms. The molecular weight excluding hydrogens is 176 g/mol. The SMILES string of the molecule is CC(C)n1nc(CN)c2c1CNCC2. The van der Waals surface area contributed by atoms with Crippen LogP contribution in [0, 0.1) is 0 Å². The molecule has 0 fully saturated rings. The Hall–Kier alpha value is -0.870. The van der Waals surface area contributed by atoms with Crippen molar-refractivity contribution in [2.24, 2.45) is 5.73 Å². The van der Waals surface area contributed by atoms with Gasteiger partial charge in [0.1, 0.15) is 0 Å². The van der Waals surface area contributed by atoms with Gasteiger partial charge in [0.2, 0.25) is 0 Å². The molecule has 1 aliphatic rings. The Balaban J connectivity index is 2.46. The van der Waals surface area contributed by atoms with Crippen molar-refractivity contribution in [2.45, 2.75) is 39.4 Å². The first-order valence-electron chi connectivity index (χ1n) is 5.24. The van der Waals surface area contributed by atoms with E-state index < -0.39 is 0 Å². The summed E-state index contributed by atoms with van der Waals surface area (Å²) in [4.78, 5) is 0. The molecule has 0 spiro atoms. The van der Waals surface area contributed by atoms with Crippen molar-refractivity contribution in [2.75, 3.05) is 6.54 Å². The molecule has 0 unspecified atom stereocenters. The van der Waals surface area contributed by atoms with Crippen LogP contribution < -0.4 is 11.1 Å². The van der Waals surface area contributed by atoms with Crippen LogP contribution in [-0.2, 0) is 19.5 Å². The molecule has 0 bridgehead atoms. The van der Waals surface area contributed by atoms with E-state index in [0.29, 0.717) is 12.6 Å². The first-order chi connectivity index (χ1) is 6.74. The second kappa shape index (κ2) is 3.71. The molecule has 4 heteroatoms. The van der Waals surface area contributed by atoms with Crippen molar-refractivity contribution in [3.63, 3.8) is 0 Å². The number of aromatic nitrogens is 2. The number of nitrogens with one attached hydrogen (secondary N) is 1. The number of hydrogen-bond acceptors (Lipinski definition) is 3. The largest absolute Gasteiger partial charge is 0.325 e. The molecule has 0 aromatic carbocycles. The van der Waals surface area contributed by atoms with Crippen molar-refractivity contribution in [3.05, 3.63) is 17.0 Å². The Labute approximate surface area is 84.5 Å². The van der Waals surface area contributed by atoms with Crippen LogP contribution in [0.25, 0.3) is 0 Å². The highest BCUT2D eigenvalue weighted by Gasteiger charge is 2.20. The monoisotopic (exact) mass is 194 g/mol. The zero-order chi connectivity index (χ0) is 10.1. The van der Waals surface area contributed by atoms with Crippen LogP contribution in [0.3, 0.4) is 0 Å². The predicted molar refractivity (Wildman–Crippen MR) is 55.9 cm³/mol. The maximum absolute atomic E-state index is 5.69. The molecule has 1 aromatic heterocycles.